The van der Waals surface area contributed by atoms with Gasteiger partial charge in [0.05, 0.1) is 26.0 Å². The maximum absolute atomic E-state index is 14.7. The lowest BCUT2D eigenvalue weighted by Crippen LogP contribution is -2.30. The van der Waals surface area contributed by atoms with Crippen LogP contribution in [0.2, 0.25) is 5.15 Å². The summed E-state index contributed by atoms with van der Waals surface area (Å²) in [7, 11) is 3.28. The van der Waals surface area contributed by atoms with Crippen LogP contribution in [0.5, 0.6) is 17.4 Å². The molecule has 0 spiro atoms. The standard InChI is InChI=1S/C32H33ClFN7O4S/c1-19(35-15-16-45-31-24-27(25(34)28(33)39-31)38-32(46-4)40-30(24)42)26-29(37-14-13-36-26)41(17-20-5-9-22(43-2)10-6-20)18-21-7-11-23(44-3)12-8-21/h5-14,19,35H,15-18H2,1-4H3,(H,38,40,42)/t19-/m1/s1. The van der Waals surface area contributed by atoms with Gasteiger partial charge in [-0.05, 0) is 48.6 Å². The molecule has 3 aromatic heterocycles. The van der Waals surface area contributed by atoms with Crippen LogP contribution in [0.4, 0.5) is 10.2 Å². The molecule has 11 nitrogen and oxygen atoms in total. The molecule has 5 aromatic rings. The number of hydrogen-bond acceptors (Lipinski definition) is 11. The van der Waals surface area contributed by atoms with Crippen molar-refractivity contribution in [3.8, 4) is 17.4 Å². The van der Waals surface area contributed by atoms with Crippen LogP contribution in [-0.2, 0) is 13.1 Å². The summed E-state index contributed by atoms with van der Waals surface area (Å²) in [6.45, 7) is 3.58. The number of methoxy groups -OCH3 is 2. The average Bonchev–Trinajstić information content (AvgIpc) is 3.08. The van der Waals surface area contributed by atoms with E-state index in [1.165, 1.54) is 11.8 Å². The molecule has 0 amide bonds. The Balaban J connectivity index is 1.33. The predicted molar refractivity (Wildman–Crippen MR) is 177 cm³/mol. The number of anilines is 1. The van der Waals surface area contributed by atoms with Gasteiger partial charge in [-0.1, -0.05) is 47.6 Å². The van der Waals surface area contributed by atoms with E-state index < -0.39 is 16.5 Å². The van der Waals surface area contributed by atoms with Crippen molar-refractivity contribution in [1.82, 2.24) is 30.2 Å². The fraction of sp³-hybridized carbons (Fsp3) is 0.281. The molecular formula is C32H33ClFN7O4S. The molecule has 3 heterocycles. The number of nitrogens with one attached hydrogen (secondary N) is 2. The molecular weight excluding hydrogens is 633 g/mol. The number of benzene rings is 2. The van der Waals surface area contributed by atoms with Crippen LogP contribution in [0.3, 0.4) is 0 Å². The highest BCUT2D eigenvalue weighted by Crippen LogP contribution is 2.29. The number of aromatic amines is 1. The summed E-state index contributed by atoms with van der Waals surface area (Å²) in [6.07, 6.45) is 5.05. The van der Waals surface area contributed by atoms with Gasteiger partial charge in [-0.2, -0.15) is 4.98 Å². The third kappa shape index (κ3) is 7.66. The third-order valence-electron chi connectivity index (χ3n) is 7.17. The molecule has 0 bridgehead atoms. The van der Waals surface area contributed by atoms with Gasteiger partial charge in [0.2, 0.25) is 5.88 Å². The Bertz CT molecular complexity index is 1800. The molecule has 14 heteroatoms. The number of pyridine rings is 1. The zero-order valence-corrected chi connectivity index (χ0v) is 27.3. The van der Waals surface area contributed by atoms with E-state index in [0.717, 1.165) is 34.1 Å². The first-order valence-electron chi connectivity index (χ1n) is 14.3. The number of halogens is 2. The van der Waals surface area contributed by atoms with Gasteiger partial charge in [-0.3, -0.25) is 9.78 Å². The molecule has 2 N–H and O–H groups in total. The molecule has 0 saturated heterocycles. The smallest absolute Gasteiger partial charge is 0.265 e. The Morgan fingerprint density at radius 1 is 0.978 bits per heavy atom. The molecule has 46 heavy (non-hydrogen) atoms. The number of ether oxygens (including phenoxy) is 3. The van der Waals surface area contributed by atoms with Crippen LogP contribution in [0, 0.1) is 5.82 Å². The van der Waals surface area contributed by atoms with Gasteiger partial charge in [0.15, 0.2) is 21.9 Å². The summed E-state index contributed by atoms with van der Waals surface area (Å²) in [6, 6.07) is 15.6. The normalized spacial score (nSPS) is 11.8. The summed E-state index contributed by atoms with van der Waals surface area (Å²) < 4.78 is 31.2. The summed E-state index contributed by atoms with van der Waals surface area (Å²) in [5.74, 6) is 1.31. The van der Waals surface area contributed by atoms with Gasteiger partial charge in [-0.25, -0.2) is 14.4 Å². The molecule has 0 aliphatic heterocycles. The summed E-state index contributed by atoms with van der Waals surface area (Å²) in [4.78, 5) is 35.0. The fourth-order valence-corrected chi connectivity index (χ4v) is 5.37. The predicted octanol–water partition coefficient (Wildman–Crippen LogP) is 5.58. The average molecular weight is 666 g/mol. The number of aromatic nitrogens is 5. The lowest BCUT2D eigenvalue weighted by molar-refractivity contribution is 0.299. The third-order valence-corrected chi connectivity index (χ3v) is 8.00. The Kier molecular flexibility index (Phi) is 10.9. The number of thioether (sulfide) groups is 1. The molecule has 0 saturated carbocycles. The number of H-pyrrole nitrogens is 1. The summed E-state index contributed by atoms with van der Waals surface area (Å²) in [5, 5.41) is 3.14. The maximum Gasteiger partial charge on any atom is 0.265 e. The van der Waals surface area contributed by atoms with E-state index in [2.05, 4.69) is 30.2 Å². The van der Waals surface area contributed by atoms with Crippen molar-refractivity contribution >= 4 is 40.1 Å². The Labute approximate surface area is 274 Å². The molecule has 0 aliphatic rings. The van der Waals surface area contributed by atoms with Crippen molar-refractivity contribution in [2.24, 2.45) is 0 Å². The minimum absolute atomic E-state index is 0.0948. The van der Waals surface area contributed by atoms with Gasteiger partial charge < -0.3 is 29.4 Å². The quantitative estimate of drug-likeness (QED) is 0.0668. The highest BCUT2D eigenvalue weighted by Gasteiger charge is 2.21. The minimum Gasteiger partial charge on any atom is -0.497 e. The largest absolute Gasteiger partial charge is 0.497 e. The second kappa shape index (κ2) is 15.2. The molecule has 0 unspecified atom stereocenters. The van der Waals surface area contributed by atoms with Crippen molar-refractivity contribution in [2.45, 2.75) is 31.2 Å². The molecule has 1 atom stereocenters. The highest BCUT2D eigenvalue weighted by atomic mass is 35.5. The number of rotatable bonds is 14. The van der Waals surface area contributed by atoms with Gasteiger partial charge in [0.25, 0.3) is 5.56 Å². The van der Waals surface area contributed by atoms with Crippen LogP contribution >= 0.6 is 23.4 Å². The lowest BCUT2D eigenvalue weighted by atomic mass is 10.1. The Morgan fingerprint density at radius 3 is 2.17 bits per heavy atom. The van der Waals surface area contributed by atoms with Gasteiger partial charge in [0, 0.05) is 32.0 Å². The van der Waals surface area contributed by atoms with Crippen molar-refractivity contribution in [3.63, 3.8) is 0 Å². The molecule has 0 aliphatic carbocycles. The zero-order chi connectivity index (χ0) is 32.6. The summed E-state index contributed by atoms with van der Waals surface area (Å²) in [5.41, 5.74) is 2.14. The van der Waals surface area contributed by atoms with Crippen LogP contribution in [0.15, 0.2) is 70.9 Å². The zero-order valence-electron chi connectivity index (χ0n) is 25.7. The minimum atomic E-state index is -0.874. The van der Waals surface area contributed by atoms with E-state index in [9.17, 15) is 9.18 Å². The first-order valence-corrected chi connectivity index (χ1v) is 15.9. The monoisotopic (exact) mass is 665 g/mol. The highest BCUT2D eigenvalue weighted by molar-refractivity contribution is 7.98. The number of fused-ring (bicyclic) bond motifs is 1. The Morgan fingerprint density at radius 2 is 1.59 bits per heavy atom. The SMILES string of the molecule is COc1ccc(CN(Cc2ccc(OC)cc2)c2nccnc2[C@@H](C)NCCOc2nc(Cl)c(F)c3nc(SC)[nH]c(=O)c23)cc1. The van der Waals surface area contributed by atoms with E-state index in [1.54, 1.807) is 32.9 Å². The summed E-state index contributed by atoms with van der Waals surface area (Å²) >= 11 is 7.18. The van der Waals surface area contributed by atoms with Crippen molar-refractivity contribution in [3.05, 3.63) is 99.1 Å². The van der Waals surface area contributed by atoms with E-state index in [1.807, 2.05) is 55.5 Å². The van der Waals surface area contributed by atoms with Crippen LogP contribution in [0.1, 0.15) is 29.8 Å². The fourth-order valence-electron chi connectivity index (χ4n) is 4.82. The van der Waals surface area contributed by atoms with E-state index in [0.29, 0.717) is 19.6 Å². The van der Waals surface area contributed by atoms with Crippen molar-refractivity contribution in [2.75, 3.05) is 38.5 Å². The van der Waals surface area contributed by atoms with Crippen molar-refractivity contribution < 1.29 is 18.6 Å². The topological polar surface area (TPSA) is 127 Å². The first kappa shape index (κ1) is 32.9. The van der Waals surface area contributed by atoms with E-state index >= 15 is 0 Å². The first-order chi connectivity index (χ1) is 22.3. The van der Waals surface area contributed by atoms with E-state index in [-0.39, 0.29) is 34.6 Å². The second-order valence-electron chi connectivity index (χ2n) is 10.2. The van der Waals surface area contributed by atoms with Crippen LogP contribution in [-0.4, -0.2) is 58.5 Å². The van der Waals surface area contributed by atoms with Crippen LogP contribution < -0.4 is 30.0 Å². The number of hydrogen-bond donors (Lipinski definition) is 2. The second-order valence-corrected chi connectivity index (χ2v) is 11.3. The molecule has 2 aromatic carbocycles. The van der Waals surface area contributed by atoms with Crippen molar-refractivity contribution in [1.29, 1.82) is 0 Å². The van der Waals surface area contributed by atoms with E-state index in [4.69, 9.17) is 30.8 Å². The Hall–Kier alpha value is -4.46. The maximum atomic E-state index is 14.7. The molecule has 240 valence electrons. The van der Waals surface area contributed by atoms with Gasteiger partial charge >= 0.3 is 0 Å². The molecule has 0 radical (unpaired) electrons. The van der Waals surface area contributed by atoms with Gasteiger partial charge in [0.1, 0.15) is 29.0 Å². The molecule has 0 fully saturated rings. The van der Waals surface area contributed by atoms with Gasteiger partial charge in [-0.15, -0.1) is 0 Å². The lowest BCUT2D eigenvalue weighted by Gasteiger charge is -2.27. The number of nitrogens with zero attached hydrogens (tertiary/aromatic N) is 5. The molecule has 5 rings (SSSR count). The van der Waals surface area contributed by atoms with Crippen LogP contribution in [0.25, 0.3) is 10.9 Å².